The van der Waals surface area contributed by atoms with Crippen molar-refractivity contribution in [3.05, 3.63) is 133 Å². The highest BCUT2D eigenvalue weighted by Crippen LogP contribution is 2.47. The first-order valence-corrected chi connectivity index (χ1v) is 15.6. The fraction of sp³-hybridized carbons (Fsp3) is 0. The molecular formula is C40H22N2OS. The minimum atomic E-state index is 0.690. The van der Waals surface area contributed by atoms with Gasteiger partial charge in [0, 0.05) is 36.7 Å². The average Bonchev–Trinajstić information content (AvgIpc) is 3.66. The van der Waals surface area contributed by atoms with Crippen molar-refractivity contribution in [3.8, 4) is 33.8 Å². The normalized spacial score (nSPS) is 12.1. The smallest absolute Gasteiger partial charge is 0.180 e. The molecule has 0 aliphatic heterocycles. The molecule has 0 atom stereocenters. The largest absolute Gasteiger partial charge is 0.452 e. The summed E-state index contributed by atoms with van der Waals surface area (Å²) in [5, 5.41) is 8.89. The number of furan rings is 1. The molecule has 0 unspecified atom stereocenters. The number of fused-ring (bicyclic) bond motifs is 6. The third-order valence-electron chi connectivity index (χ3n) is 8.85. The third kappa shape index (κ3) is 3.31. The number of rotatable bonds is 3. The van der Waals surface area contributed by atoms with Crippen molar-refractivity contribution < 1.29 is 4.42 Å². The summed E-state index contributed by atoms with van der Waals surface area (Å²) in [7, 11) is 0. The molecular weight excluding hydrogens is 557 g/mol. The standard InChI is InChI=1S/C40H22N2OS/c1-3-10-23(11-4-1)37-39-38(42-40(41-37)24-12-5-2-6-13-24)29-21-20-25(22-31(29)43-39)26-14-7-15-27-28-16-8-18-32-35(28)36-30(34(26)27)17-9-19-33(36)44-32/h1-22H. The van der Waals surface area contributed by atoms with Crippen LogP contribution in [0.4, 0.5) is 0 Å². The maximum atomic E-state index is 6.66. The number of benzene rings is 7. The average molecular weight is 579 g/mol. The van der Waals surface area contributed by atoms with E-state index in [1.54, 1.807) is 0 Å². The lowest BCUT2D eigenvalue weighted by molar-refractivity contribution is 0.667. The van der Waals surface area contributed by atoms with Gasteiger partial charge >= 0.3 is 0 Å². The van der Waals surface area contributed by atoms with Gasteiger partial charge in [-0.3, -0.25) is 0 Å². The van der Waals surface area contributed by atoms with E-state index in [0.29, 0.717) is 11.4 Å². The van der Waals surface area contributed by atoms with Crippen molar-refractivity contribution in [3.63, 3.8) is 0 Å². The van der Waals surface area contributed by atoms with Gasteiger partial charge in [0.05, 0.1) is 0 Å². The minimum absolute atomic E-state index is 0.690. The maximum Gasteiger partial charge on any atom is 0.180 e. The van der Waals surface area contributed by atoms with E-state index < -0.39 is 0 Å². The van der Waals surface area contributed by atoms with Gasteiger partial charge in [0.1, 0.15) is 16.8 Å². The second-order valence-electron chi connectivity index (χ2n) is 11.3. The van der Waals surface area contributed by atoms with Gasteiger partial charge in [-0.15, -0.1) is 11.3 Å². The highest BCUT2D eigenvalue weighted by molar-refractivity contribution is 7.26. The van der Waals surface area contributed by atoms with Gasteiger partial charge in [0.15, 0.2) is 11.4 Å². The molecule has 0 fully saturated rings. The first-order valence-electron chi connectivity index (χ1n) is 14.8. The molecule has 0 saturated carbocycles. The van der Waals surface area contributed by atoms with E-state index in [2.05, 4.69) is 97.1 Å². The summed E-state index contributed by atoms with van der Waals surface area (Å²) >= 11 is 1.88. The Morgan fingerprint density at radius 2 is 1.14 bits per heavy atom. The lowest BCUT2D eigenvalue weighted by Gasteiger charge is -2.13. The molecule has 0 aliphatic rings. The summed E-state index contributed by atoms with van der Waals surface area (Å²) in [5.41, 5.74) is 7.44. The first kappa shape index (κ1) is 23.9. The van der Waals surface area contributed by atoms with E-state index in [9.17, 15) is 0 Å². The summed E-state index contributed by atoms with van der Waals surface area (Å²) in [6, 6.07) is 47.0. The minimum Gasteiger partial charge on any atom is -0.452 e. The van der Waals surface area contributed by atoms with Crippen LogP contribution in [0.3, 0.4) is 0 Å². The molecule has 204 valence electrons. The van der Waals surface area contributed by atoms with Crippen molar-refractivity contribution in [2.45, 2.75) is 0 Å². The van der Waals surface area contributed by atoms with Crippen LogP contribution in [-0.2, 0) is 0 Å². The molecule has 0 N–H and O–H groups in total. The molecule has 0 bridgehead atoms. The van der Waals surface area contributed by atoms with Crippen LogP contribution in [0.5, 0.6) is 0 Å². The first-order chi connectivity index (χ1) is 21.8. The van der Waals surface area contributed by atoms with E-state index in [-0.39, 0.29) is 0 Å². The summed E-state index contributed by atoms with van der Waals surface area (Å²) in [5.74, 6) is 0.690. The molecule has 3 aromatic heterocycles. The van der Waals surface area contributed by atoms with Crippen molar-refractivity contribution in [2.24, 2.45) is 0 Å². The fourth-order valence-electron chi connectivity index (χ4n) is 6.92. The summed E-state index contributed by atoms with van der Waals surface area (Å²) in [6.45, 7) is 0. The number of hydrogen-bond acceptors (Lipinski definition) is 4. The Bertz CT molecular complexity index is 2710. The fourth-order valence-corrected chi connectivity index (χ4v) is 8.08. The third-order valence-corrected chi connectivity index (χ3v) is 9.97. The van der Waals surface area contributed by atoms with Crippen molar-refractivity contribution >= 4 is 75.1 Å². The number of hydrogen-bond donors (Lipinski definition) is 0. The van der Waals surface area contributed by atoms with Crippen LogP contribution in [0.25, 0.3) is 97.6 Å². The van der Waals surface area contributed by atoms with Crippen LogP contribution >= 0.6 is 11.3 Å². The molecule has 44 heavy (non-hydrogen) atoms. The second kappa shape index (κ2) is 8.96. The molecule has 0 saturated heterocycles. The monoisotopic (exact) mass is 578 g/mol. The molecule has 10 rings (SSSR count). The van der Waals surface area contributed by atoms with Crippen LogP contribution in [0.15, 0.2) is 138 Å². The summed E-state index contributed by atoms with van der Waals surface area (Å²) in [4.78, 5) is 10.1. The zero-order valence-corrected chi connectivity index (χ0v) is 24.2. The predicted octanol–water partition coefficient (Wildman–Crippen LogP) is 11.5. The van der Waals surface area contributed by atoms with Crippen LogP contribution in [0.1, 0.15) is 0 Å². The molecule has 0 spiro atoms. The molecule has 3 heterocycles. The van der Waals surface area contributed by atoms with E-state index in [1.807, 2.05) is 47.7 Å². The van der Waals surface area contributed by atoms with Crippen molar-refractivity contribution in [1.82, 2.24) is 9.97 Å². The second-order valence-corrected chi connectivity index (χ2v) is 12.4. The topological polar surface area (TPSA) is 38.9 Å². The Kier molecular flexibility index (Phi) is 4.87. The summed E-state index contributed by atoms with van der Waals surface area (Å²) < 4.78 is 9.34. The van der Waals surface area contributed by atoms with Crippen LogP contribution in [0, 0.1) is 0 Å². The van der Waals surface area contributed by atoms with Crippen molar-refractivity contribution in [2.75, 3.05) is 0 Å². The molecule has 0 amide bonds. The van der Waals surface area contributed by atoms with E-state index in [1.165, 1.54) is 47.3 Å². The molecule has 3 nitrogen and oxygen atoms in total. The molecule has 10 aromatic rings. The van der Waals surface area contributed by atoms with Crippen LogP contribution in [-0.4, -0.2) is 9.97 Å². The molecule has 4 heteroatoms. The van der Waals surface area contributed by atoms with Crippen molar-refractivity contribution in [1.29, 1.82) is 0 Å². The van der Waals surface area contributed by atoms with Gasteiger partial charge < -0.3 is 4.42 Å². The highest BCUT2D eigenvalue weighted by atomic mass is 32.1. The Morgan fingerprint density at radius 1 is 0.477 bits per heavy atom. The molecule has 0 radical (unpaired) electrons. The van der Waals surface area contributed by atoms with Crippen LogP contribution < -0.4 is 0 Å². The quantitative estimate of drug-likeness (QED) is 0.196. The predicted molar refractivity (Wildman–Crippen MR) is 185 cm³/mol. The zero-order valence-electron chi connectivity index (χ0n) is 23.4. The van der Waals surface area contributed by atoms with Gasteiger partial charge in [0.25, 0.3) is 0 Å². The molecule has 7 aromatic carbocycles. The Balaban J connectivity index is 1.26. The van der Waals surface area contributed by atoms with E-state index >= 15 is 0 Å². The zero-order chi connectivity index (χ0) is 28.8. The SMILES string of the molecule is c1ccc(-c2nc(-c3ccccc3)c3oc4cc(-c5cccc6c7cccc8sc9cccc(c56)c9c87)ccc4c3n2)cc1. The van der Waals surface area contributed by atoms with E-state index in [4.69, 9.17) is 14.4 Å². The number of aromatic nitrogens is 2. The molecule has 0 aliphatic carbocycles. The Morgan fingerprint density at radius 3 is 1.91 bits per heavy atom. The van der Waals surface area contributed by atoms with Gasteiger partial charge in [0.2, 0.25) is 0 Å². The highest BCUT2D eigenvalue weighted by Gasteiger charge is 2.21. The van der Waals surface area contributed by atoms with Crippen LogP contribution in [0.2, 0.25) is 0 Å². The lowest BCUT2D eigenvalue weighted by atomic mass is 9.89. The maximum absolute atomic E-state index is 6.66. The van der Waals surface area contributed by atoms with Gasteiger partial charge in [-0.1, -0.05) is 109 Å². The van der Waals surface area contributed by atoms with Gasteiger partial charge in [-0.25, -0.2) is 9.97 Å². The Labute approximate surface area is 256 Å². The summed E-state index contributed by atoms with van der Waals surface area (Å²) in [6.07, 6.45) is 0. The Hall–Kier alpha value is -5.58. The lowest BCUT2D eigenvalue weighted by Crippen LogP contribution is -1.93. The van der Waals surface area contributed by atoms with E-state index in [0.717, 1.165) is 38.9 Å². The number of nitrogens with zero attached hydrogens (tertiary/aromatic N) is 2. The van der Waals surface area contributed by atoms with Gasteiger partial charge in [-0.2, -0.15) is 0 Å². The van der Waals surface area contributed by atoms with Gasteiger partial charge in [-0.05, 0) is 56.9 Å². The number of thiophene rings is 1.